The molecule has 0 radical (unpaired) electrons. The molecule has 0 aliphatic carbocycles. The van der Waals surface area contributed by atoms with Crippen LogP contribution in [0.4, 0.5) is 5.69 Å². The molecule has 3 aromatic carbocycles. The van der Waals surface area contributed by atoms with Crippen molar-refractivity contribution in [3.8, 4) is 0 Å². The maximum absolute atomic E-state index is 12.9. The smallest absolute Gasteiger partial charge is 0.246 e. The number of nitrogens with one attached hydrogen (secondary N) is 1. The molecule has 4 nitrogen and oxygen atoms in total. The van der Waals surface area contributed by atoms with Gasteiger partial charge >= 0.3 is 0 Å². The third kappa shape index (κ3) is 2.95. The minimum Gasteiger partial charge on any atom is -0.456 e. The van der Waals surface area contributed by atoms with E-state index < -0.39 is 0 Å². The van der Waals surface area contributed by atoms with Gasteiger partial charge in [0.25, 0.3) is 0 Å². The van der Waals surface area contributed by atoms with Gasteiger partial charge in [0.2, 0.25) is 5.91 Å². The first-order valence-electron chi connectivity index (χ1n) is 8.57. The Balaban J connectivity index is 1.65. The van der Waals surface area contributed by atoms with Crippen LogP contribution in [0, 0.1) is 0 Å². The second-order valence-corrected chi connectivity index (χ2v) is 6.58. The molecule has 0 aliphatic rings. The van der Waals surface area contributed by atoms with Crippen LogP contribution in [0.15, 0.2) is 77.2 Å². The Morgan fingerprint density at radius 1 is 0.885 bits per heavy atom. The molecule has 4 aromatic rings. The fourth-order valence-corrected chi connectivity index (χ4v) is 3.33. The van der Waals surface area contributed by atoms with Crippen molar-refractivity contribution in [3.05, 3.63) is 78.4 Å². The van der Waals surface area contributed by atoms with Crippen molar-refractivity contribution in [2.75, 3.05) is 19.4 Å². The number of benzene rings is 3. The molecule has 1 aromatic heterocycles. The first-order valence-corrected chi connectivity index (χ1v) is 8.57. The van der Waals surface area contributed by atoms with E-state index in [4.69, 9.17) is 4.42 Å². The van der Waals surface area contributed by atoms with Crippen molar-refractivity contribution in [1.82, 2.24) is 4.90 Å². The summed E-state index contributed by atoms with van der Waals surface area (Å²) in [5, 5.41) is 5.14. The van der Waals surface area contributed by atoms with Crippen molar-refractivity contribution in [3.63, 3.8) is 0 Å². The van der Waals surface area contributed by atoms with Gasteiger partial charge in [-0.05, 0) is 37.9 Å². The lowest BCUT2D eigenvalue weighted by Crippen LogP contribution is -2.32. The molecule has 4 heteroatoms. The quantitative estimate of drug-likeness (QED) is 0.577. The summed E-state index contributed by atoms with van der Waals surface area (Å²) in [6.07, 6.45) is 0. The largest absolute Gasteiger partial charge is 0.456 e. The molecule has 0 bridgehead atoms. The second-order valence-electron chi connectivity index (χ2n) is 6.58. The molecule has 130 valence electrons. The van der Waals surface area contributed by atoms with Gasteiger partial charge in [0.05, 0.1) is 0 Å². The first kappa shape index (κ1) is 16.4. The van der Waals surface area contributed by atoms with Crippen LogP contribution >= 0.6 is 0 Å². The summed E-state index contributed by atoms with van der Waals surface area (Å²) in [5.74, 6) is -0.0725. The van der Waals surface area contributed by atoms with Crippen LogP contribution in [0.5, 0.6) is 0 Å². The predicted molar refractivity (Wildman–Crippen MR) is 105 cm³/mol. The van der Waals surface area contributed by atoms with Gasteiger partial charge in [-0.15, -0.1) is 0 Å². The average molecular weight is 344 g/mol. The number of carbonyl (C=O) groups excluding carboxylic acids is 1. The second kappa shape index (κ2) is 6.65. The van der Waals surface area contributed by atoms with Crippen LogP contribution in [0.3, 0.4) is 0 Å². The lowest BCUT2D eigenvalue weighted by atomic mass is 10.1. The summed E-state index contributed by atoms with van der Waals surface area (Å²) in [6.45, 7) is 0. The molecule has 1 heterocycles. The van der Waals surface area contributed by atoms with Gasteiger partial charge in [0.1, 0.15) is 17.2 Å². The first-order chi connectivity index (χ1) is 12.6. The van der Waals surface area contributed by atoms with Crippen molar-refractivity contribution < 1.29 is 9.21 Å². The van der Waals surface area contributed by atoms with Gasteiger partial charge in [0.15, 0.2) is 0 Å². The van der Waals surface area contributed by atoms with Crippen molar-refractivity contribution in [2.24, 2.45) is 0 Å². The van der Waals surface area contributed by atoms with E-state index in [2.05, 4.69) is 5.32 Å². The van der Waals surface area contributed by atoms with E-state index in [1.165, 1.54) is 0 Å². The topological polar surface area (TPSA) is 45.5 Å². The van der Waals surface area contributed by atoms with Gasteiger partial charge in [-0.25, -0.2) is 0 Å². The summed E-state index contributed by atoms with van der Waals surface area (Å²) in [5.41, 5.74) is 3.30. The van der Waals surface area contributed by atoms with E-state index in [1.54, 1.807) is 0 Å². The molecule has 0 spiro atoms. The number of anilines is 1. The zero-order valence-electron chi connectivity index (χ0n) is 14.8. The Morgan fingerprint density at radius 3 is 2.35 bits per heavy atom. The monoisotopic (exact) mass is 344 g/mol. The highest BCUT2D eigenvalue weighted by atomic mass is 16.3. The minimum absolute atomic E-state index is 0.0725. The SMILES string of the molecule is CN(C)[C@@H](C(=O)Nc1ccc2c(c1)oc1ccccc12)c1ccccc1. The Hall–Kier alpha value is -3.11. The van der Waals surface area contributed by atoms with Crippen LogP contribution in [0.25, 0.3) is 21.9 Å². The van der Waals surface area contributed by atoms with Gasteiger partial charge in [-0.2, -0.15) is 0 Å². The zero-order chi connectivity index (χ0) is 18.1. The molecular formula is C22H20N2O2. The summed E-state index contributed by atoms with van der Waals surface area (Å²) in [6, 6.07) is 23.1. The van der Waals surface area contributed by atoms with Gasteiger partial charge in [-0.3, -0.25) is 9.69 Å². The number of carbonyl (C=O) groups is 1. The highest BCUT2D eigenvalue weighted by Gasteiger charge is 2.23. The Morgan fingerprint density at radius 2 is 1.58 bits per heavy atom. The fraction of sp³-hybridized carbons (Fsp3) is 0.136. The summed E-state index contributed by atoms with van der Waals surface area (Å²) in [4.78, 5) is 14.8. The number of hydrogen-bond donors (Lipinski definition) is 1. The Kier molecular flexibility index (Phi) is 4.19. The van der Waals surface area contributed by atoms with Crippen molar-refractivity contribution >= 4 is 33.5 Å². The normalized spacial score (nSPS) is 12.6. The number of para-hydroxylation sites is 1. The number of furan rings is 1. The van der Waals surface area contributed by atoms with Gasteiger partial charge < -0.3 is 9.73 Å². The molecule has 1 amide bonds. The Bertz CT molecular complexity index is 1070. The van der Waals surface area contributed by atoms with Crippen LogP contribution < -0.4 is 5.32 Å². The summed E-state index contributed by atoms with van der Waals surface area (Å²) < 4.78 is 5.91. The molecule has 0 saturated carbocycles. The van der Waals surface area contributed by atoms with E-state index in [9.17, 15) is 4.79 Å². The molecule has 0 fully saturated rings. The van der Waals surface area contributed by atoms with Crippen LogP contribution in [0.2, 0.25) is 0 Å². The zero-order valence-corrected chi connectivity index (χ0v) is 14.8. The lowest BCUT2D eigenvalue weighted by Gasteiger charge is -2.23. The third-order valence-corrected chi connectivity index (χ3v) is 4.53. The standard InChI is InChI=1S/C22H20N2O2/c1-24(2)21(15-8-4-3-5-9-15)22(25)23-16-12-13-18-17-10-6-7-11-19(17)26-20(18)14-16/h3-14,21H,1-2H3,(H,23,25)/t21-/m1/s1. The van der Waals surface area contributed by atoms with E-state index in [0.717, 1.165) is 33.2 Å². The molecular weight excluding hydrogens is 324 g/mol. The highest BCUT2D eigenvalue weighted by molar-refractivity contribution is 6.06. The lowest BCUT2D eigenvalue weighted by molar-refractivity contribution is -0.120. The summed E-state index contributed by atoms with van der Waals surface area (Å²) in [7, 11) is 3.80. The number of fused-ring (bicyclic) bond motifs is 3. The van der Waals surface area contributed by atoms with Gasteiger partial charge in [0, 0.05) is 22.5 Å². The van der Waals surface area contributed by atoms with Crippen LogP contribution in [-0.4, -0.2) is 24.9 Å². The molecule has 0 aliphatic heterocycles. The predicted octanol–water partition coefficient (Wildman–Crippen LogP) is 4.83. The number of amides is 1. The minimum atomic E-state index is -0.359. The molecule has 26 heavy (non-hydrogen) atoms. The van der Waals surface area contributed by atoms with E-state index in [1.807, 2.05) is 91.8 Å². The maximum atomic E-state index is 12.9. The number of hydrogen-bond acceptors (Lipinski definition) is 3. The molecule has 1 atom stereocenters. The van der Waals surface area contributed by atoms with Crippen molar-refractivity contribution in [1.29, 1.82) is 0 Å². The molecule has 1 N–H and O–H groups in total. The molecule has 0 saturated heterocycles. The summed E-state index contributed by atoms with van der Waals surface area (Å²) >= 11 is 0. The highest BCUT2D eigenvalue weighted by Crippen LogP contribution is 2.30. The third-order valence-electron chi connectivity index (χ3n) is 4.53. The van der Waals surface area contributed by atoms with E-state index in [-0.39, 0.29) is 11.9 Å². The number of likely N-dealkylation sites (N-methyl/N-ethyl adjacent to an activating group) is 1. The van der Waals surface area contributed by atoms with E-state index >= 15 is 0 Å². The van der Waals surface area contributed by atoms with Crippen LogP contribution in [0.1, 0.15) is 11.6 Å². The Labute approximate surface area is 152 Å². The number of rotatable bonds is 4. The van der Waals surface area contributed by atoms with Crippen LogP contribution in [-0.2, 0) is 4.79 Å². The van der Waals surface area contributed by atoms with E-state index in [0.29, 0.717) is 0 Å². The average Bonchev–Trinajstić information content (AvgIpc) is 3.00. The van der Waals surface area contributed by atoms with Gasteiger partial charge in [-0.1, -0.05) is 48.5 Å². The number of nitrogens with zero attached hydrogens (tertiary/aromatic N) is 1. The molecule has 4 rings (SSSR count). The molecule has 0 unspecified atom stereocenters. The van der Waals surface area contributed by atoms with Crippen molar-refractivity contribution in [2.45, 2.75) is 6.04 Å². The fourth-order valence-electron chi connectivity index (χ4n) is 3.33. The maximum Gasteiger partial charge on any atom is 0.246 e.